The lowest BCUT2D eigenvalue weighted by Gasteiger charge is -2.27. The summed E-state index contributed by atoms with van der Waals surface area (Å²) >= 11 is 0. The molecule has 1 aromatic rings. The maximum atomic E-state index is 4.77. The number of likely N-dealkylation sites (N-methyl/N-ethyl adjacent to an activating group) is 1. The lowest BCUT2D eigenvalue weighted by atomic mass is 10.2. The molecule has 1 fully saturated rings. The van der Waals surface area contributed by atoms with Gasteiger partial charge in [0.05, 0.1) is 0 Å². The zero-order chi connectivity index (χ0) is 16.8. The molecule has 130 valence electrons. The van der Waals surface area contributed by atoms with Gasteiger partial charge < -0.3 is 14.8 Å². The molecule has 0 spiro atoms. The Morgan fingerprint density at radius 3 is 2.61 bits per heavy atom. The summed E-state index contributed by atoms with van der Waals surface area (Å²) in [5.74, 6) is 2.81. The minimum absolute atomic E-state index is 0.562. The van der Waals surface area contributed by atoms with Crippen LogP contribution in [-0.4, -0.2) is 69.3 Å². The van der Waals surface area contributed by atoms with Crippen LogP contribution in [0, 0.1) is 6.92 Å². The van der Waals surface area contributed by atoms with Crippen LogP contribution in [0.3, 0.4) is 0 Å². The van der Waals surface area contributed by atoms with Gasteiger partial charge in [-0.05, 0) is 33.4 Å². The highest BCUT2D eigenvalue weighted by Crippen LogP contribution is 2.15. The minimum Gasteiger partial charge on any atom is -0.357 e. The molecular formula is C16H31N7. The number of hydrogen-bond donors (Lipinski definition) is 1. The minimum atomic E-state index is 0.562. The molecule has 1 unspecified atom stereocenters. The number of aromatic nitrogens is 3. The first-order valence-electron chi connectivity index (χ1n) is 8.72. The van der Waals surface area contributed by atoms with Gasteiger partial charge in [0.25, 0.3) is 0 Å². The molecule has 1 atom stereocenters. The summed E-state index contributed by atoms with van der Waals surface area (Å²) in [5.41, 5.74) is 0. The van der Waals surface area contributed by atoms with Crippen LogP contribution >= 0.6 is 0 Å². The Balaban J connectivity index is 2.03. The van der Waals surface area contributed by atoms with Crippen LogP contribution in [0.2, 0.25) is 0 Å². The Bertz CT molecular complexity index is 518. The highest BCUT2D eigenvalue weighted by atomic mass is 15.3. The van der Waals surface area contributed by atoms with Gasteiger partial charge in [0, 0.05) is 32.7 Å². The second-order valence-corrected chi connectivity index (χ2v) is 6.00. The van der Waals surface area contributed by atoms with Crippen molar-refractivity contribution in [3.63, 3.8) is 0 Å². The Kier molecular flexibility index (Phi) is 6.38. The molecule has 2 heterocycles. The van der Waals surface area contributed by atoms with Gasteiger partial charge in [0.15, 0.2) is 11.8 Å². The molecule has 1 aliphatic rings. The lowest BCUT2D eigenvalue weighted by molar-refractivity contribution is 0.223. The van der Waals surface area contributed by atoms with Crippen LogP contribution < -0.4 is 5.32 Å². The zero-order valence-electron chi connectivity index (χ0n) is 15.2. The first-order valence-corrected chi connectivity index (χ1v) is 8.72. The van der Waals surface area contributed by atoms with Crippen molar-refractivity contribution in [2.75, 3.05) is 32.7 Å². The van der Waals surface area contributed by atoms with E-state index in [1.54, 1.807) is 0 Å². The van der Waals surface area contributed by atoms with E-state index in [2.05, 4.69) is 46.1 Å². The number of nitrogens with zero attached hydrogens (tertiary/aromatic N) is 6. The van der Waals surface area contributed by atoms with Gasteiger partial charge in [-0.1, -0.05) is 13.8 Å². The van der Waals surface area contributed by atoms with Gasteiger partial charge in [-0.2, -0.15) is 0 Å². The van der Waals surface area contributed by atoms with Crippen molar-refractivity contribution in [2.24, 2.45) is 12.0 Å². The molecule has 2 rings (SSSR count). The average Bonchev–Trinajstić information content (AvgIpc) is 3.14. The summed E-state index contributed by atoms with van der Waals surface area (Å²) in [7, 11) is 1.99. The molecule has 1 aromatic heterocycles. The van der Waals surface area contributed by atoms with Crippen LogP contribution in [0.5, 0.6) is 0 Å². The first-order chi connectivity index (χ1) is 11.1. The fourth-order valence-electron chi connectivity index (χ4n) is 3.13. The number of hydrogen-bond acceptors (Lipinski definition) is 4. The van der Waals surface area contributed by atoms with Crippen molar-refractivity contribution in [1.29, 1.82) is 0 Å². The summed E-state index contributed by atoms with van der Waals surface area (Å²) in [6, 6.07) is 0.630. The van der Waals surface area contributed by atoms with Crippen LogP contribution in [0.15, 0.2) is 4.99 Å². The van der Waals surface area contributed by atoms with Crippen LogP contribution in [0.1, 0.15) is 38.8 Å². The summed E-state index contributed by atoms with van der Waals surface area (Å²) in [5, 5.41) is 11.7. The van der Waals surface area contributed by atoms with Gasteiger partial charge in [-0.25, -0.2) is 4.99 Å². The molecular weight excluding hydrogens is 290 g/mol. The van der Waals surface area contributed by atoms with Crippen molar-refractivity contribution in [3.8, 4) is 0 Å². The number of aryl methyl sites for hydroxylation is 1. The van der Waals surface area contributed by atoms with Crippen molar-refractivity contribution in [2.45, 2.75) is 46.7 Å². The highest BCUT2D eigenvalue weighted by Gasteiger charge is 2.28. The maximum Gasteiger partial charge on any atom is 0.194 e. The van der Waals surface area contributed by atoms with Crippen molar-refractivity contribution in [1.82, 2.24) is 29.9 Å². The van der Waals surface area contributed by atoms with E-state index in [-0.39, 0.29) is 0 Å². The van der Waals surface area contributed by atoms with Crippen LogP contribution in [-0.2, 0) is 13.6 Å². The number of nitrogens with one attached hydrogen (secondary N) is 1. The quantitative estimate of drug-likeness (QED) is 0.626. The molecule has 7 heteroatoms. The molecule has 1 N–H and O–H groups in total. The third-order valence-electron chi connectivity index (χ3n) is 4.68. The Labute approximate surface area is 139 Å². The van der Waals surface area contributed by atoms with Gasteiger partial charge in [0.2, 0.25) is 0 Å². The molecule has 7 nitrogen and oxygen atoms in total. The van der Waals surface area contributed by atoms with Gasteiger partial charge in [0.1, 0.15) is 12.4 Å². The number of likely N-dealkylation sites (tertiary alicyclic amines) is 1. The van der Waals surface area contributed by atoms with E-state index >= 15 is 0 Å². The Morgan fingerprint density at radius 1 is 1.30 bits per heavy atom. The maximum absolute atomic E-state index is 4.77. The van der Waals surface area contributed by atoms with Crippen molar-refractivity contribution < 1.29 is 0 Å². The molecule has 0 bridgehead atoms. The summed E-state index contributed by atoms with van der Waals surface area (Å²) in [6.07, 6.45) is 1.20. The third kappa shape index (κ3) is 4.22. The van der Waals surface area contributed by atoms with E-state index in [0.29, 0.717) is 12.6 Å². The molecule has 23 heavy (non-hydrogen) atoms. The van der Waals surface area contributed by atoms with E-state index in [1.165, 1.54) is 6.42 Å². The van der Waals surface area contributed by atoms with E-state index < -0.39 is 0 Å². The SMILES string of the molecule is CCNC(=NCc1nnc(C)n1C)N1CCC(N(CC)CC)C1. The van der Waals surface area contributed by atoms with Crippen molar-refractivity contribution in [3.05, 3.63) is 11.6 Å². The Morgan fingerprint density at radius 2 is 2.04 bits per heavy atom. The van der Waals surface area contributed by atoms with Gasteiger partial charge >= 0.3 is 0 Å². The van der Waals surface area contributed by atoms with E-state index in [1.807, 2.05) is 18.5 Å². The fraction of sp³-hybridized carbons (Fsp3) is 0.812. The van der Waals surface area contributed by atoms with Gasteiger partial charge in [-0.3, -0.25) is 4.90 Å². The topological polar surface area (TPSA) is 61.6 Å². The average molecular weight is 321 g/mol. The number of rotatable bonds is 6. The molecule has 0 saturated carbocycles. The predicted molar refractivity (Wildman–Crippen MR) is 93.5 cm³/mol. The van der Waals surface area contributed by atoms with Crippen molar-refractivity contribution >= 4 is 5.96 Å². The summed E-state index contributed by atoms with van der Waals surface area (Å²) < 4.78 is 2.00. The highest BCUT2D eigenvalue weighted by molar-refractivity contribution is 5.80. The second kappa shape index (κ2) is 8.29. The summed E-state index contributed by atoms with van der Waals surface area (Å²) in [6.45, 7) is 14.3. The van der Waals surface area contributed by atoms with Crippen LogP contribution in [0.25, 0.3) is 0 Å². The first kappa shape index (κ1) is 17.7. The molecule has 0 aliphatic carbocycles. The number of aliphatic imine (C=N–C) groups is 1. The monoisotopic (exact) mass is 321 g/mol. The largest absolute Gasteiger partial charge is 0.357 e. The third-order valence-corrected chi connectivity index (χ3v) is 4.68. The predicted octanol–water partition coefficient (Wildman–Crippen LogP) is 1.01. The number of guanidine groups is 1. The van der Waals surface area contributed by atoms with Crippen LogP contribution in [0.4, 0.5) is 0 Å². The Hall–Kier alpha value is -1.63. The standard InChI is InChI=1S/C16H31N7/c1-6-17-16(18-11-15-20-19-13(4)21(15)5)23-10-9-14(12-23)22(7-2)8-3/h14H,6-12H2,1-5H3,(H,17,18). The zero-order valence-corrected chi connectivity index (χ0v) is 15.2. The molecule has 0 radical (unpaired) electrons. The van der Waals surface area contributed by atoms with E-state index in [9.17, 15) is 0 Å². The molecule has 1 saturated heterocycles. The lowest BCUT2D eigenvalue weighted by Crippen LogP contribution is -2.43. The molecule has 1 aliphatic heterocycles. The summed E-state index contributed by atoms with van der Waals surface area (Å²) in [4.78, 5) is 9.68. The van der Waals surface area contributed by atoms with E-state index in [0.717, 1.165) is 50.3 Å². The second-order valence-electron chi connectivity index (χ2n) is 6.00. The van der Waals surface area contributed by atoms with E-state index in [4.69, 9.17) is 4.99 Å². The molecule has 0 amide bonds. The smallest absolute Gasteiger partial charge is 0.194 e. The fourth-order valence-corrected chi connectivity index (χ4v) is 3.13. The van der Waals surface area contributed by atoms with Gasteiger partial charge in [-0.15, -0.1) is 10.2 Å². The normalized spacial score (nSPS) is 19.0. The molecule has 0 aromatic carbocycles.